The summed E-state index contributed by atoms with van der Waals surface area (Å²) >= 11 is 0. The summed E-state index contributed by atoms with van der Waals surface area (Å²) in [7, 11) is -0.614. The maximum atomic E-state index is 12.3. The molecular formula is C23H25N3O7S. The zero-order valence-electron chi connectivity index (χ0n) is 18.8. The standard InChI is InChI=1S/C23H25N3O7S/c1-25(2)34(29,30)20-10-8-19(9-11-20)32-16-17-33-23(28)21-12-13-22(27)26(24-21)14-15-31-18-6-4-3-5-7-18/h3-13H,14-17H2,1-2H3. The molecule has 0 fully saturated rings. The molecule has 3 rings (SSSR count). The molecule has 0 bridgehead atoms. The third-order valence-electron chi connectivity index (χ3n) is 4.58. The second-order valence-corrected chi connectivity index (χ2v) is 9.34. The summed E-state index contributed by atoms with van der Waals surface area (Å²) in [6, 6.07) is 17.6. The van der Waals surface area contributed by atoms with Gasteiger partial charge in [0.1, 0.15) is 31.3 Å². The fourth-order valence-corrected chi connectivity index (χ4v) is 3.67. The van der Waals surface area contributed by atoms with Crippen LogP contribution in [0.1, 0.15) is 10.5 Å². The van der Waals surface area contributed by atoms with Gasteiger partial charge in [-0.2, -0.15) is 5.10 Å². The van der Waals surface area contributed by atoms with Crippen molar-refractivity contribution in [1.29, 1.82) is 0 Å². The molecule has 0 radical (unpaired) electrons. The van der Waals surface area contributed by atoms with E-state index >= 15 is 0 Å². The first-order valence-corrected chi connectivity index (χ1v) is 11.8. The van der Waals surface area contributed by atoms with Gasteiger partial charge in [0.05, 0.1) is 11.4 Å². The number of sulfonamides is 1. The summed E-state index contributed by atoms with van der Waals surface area (Å²) in [4.78, 5) is 24.4. The number of nitrogens with zero attached hydrogens (tertiary/aromatic N) is 3. The van der Waals surface area contributed by atoms with Crippen LogP contribution in [0, 0.1) is 0 Å². The number of carbonyl (C=O) groups is 1. The van der Waals surface area contributed by atoms with Crippen molar-refractivity contribution in [2.75, 3.05) is 33.9 Å². The van der Waals surface area contributed by atoms with E-state index in [1.807, 2.05) is 18.2 Å². The van der Waals surface area contributed by atoms with E-state index in [0.29, 0.717) is 11.5 Å². The highest BCUT2D eigenvalue weighted by atomic mass is 32.2. The predicted molar refractivity (Wildman–Crippen MR) is 124 cm³/mol. The topological polar surface area (TPSA) is 117 Å². The van der Waals surface area contributed by atoms with E-state index < -0.39 is 16.0 Å². The van der Waals surface area contributed by atoms with Gasteiger partial charge in [0.15, 0.2) is 5.69 Å². The van der Waals surface area contributed by atoms with E-state index in [-0.39, 0.29) is 42.5 Å². The van der Waals surface area contributed by atoms with Gasteiger partial charge in [0, 0.05) is 20.2 Å². The molecule has 180 valence electrons. The number of para-hydroxylation sites is 1. The fraction of sp³-hybridized carbons (Fsp3) is 0.261. The lowest BCUT2D eigenvalue weighted by atomic mass is 10.3. The number of ether oxygens (including phenoxy) is 3. The number of hydrogen-bond donors (Lipinski definition) is 0. The lowest BCUT2D eigenvalue weighted by Gasteiger charge is -2.12. The third kappa shape index (κ3) is 6.65. The highest BCUT2D eigenvalue weighted by molar-refractivity contribution is 7.89. The summed E-state index contributed by atoms with van der Waals surface area (Å²) in [6.45, 7) is 0.361. The maximum Gasteiger partial charge on any atom is 0.358 e. The molecule has 2 aromatic carbocycles. The van der Waals surface area contributed by atoms with Gasteiger partial charge in [-0.1, -0.05) is 18.2 Å². The molecule has 0 amide bonds. The lowest BCUT2D eigenvalue weighted by molar-refractivity contribution is 0.0440. The molecule has 11 heteroatoms. The molecule has 1 heterocycles. The van der Waals surface area contributed by atoms with Crippen LogP contribution in [0.5, 0.6) is 11.5 Å². The van der Waals surface area contributed by atoms with Gasteiger partial charge in [-0.3, -0.25) is 4.79 Å². The molecule has 0 unspecified atom stereocenters. The molecule has 3 aromatic rings. The Labute approximate surface area is 197 Å². The van der Waals surface area contributed by atoms with Crippen LogP contribution >= 0.6 is 0 Å². The van der Waals surface area contributed by atoms with Gasteiger partial charge in [-0.25, -0.2) is 22.2 Å². The highest BCUT2D eigenvalue weighted by Crippen LogP contribution is 2.18. The van der Waals surface area contributed by atoms with Gasteiger partial charge in [-0.15, -0.1) is 0 Å². The zero-order chi connectivity index (χ0) is 24.6. The van der Waals surface area contributed by atoms with Crippen LogP contribution in [0.15, 0.2) is 76.4 Å². The molecule has 0 aliphatic heterocycles. The van der Waals surface area contributed by atoms with Crippen molar-refractivity contribution >= 4 is 16.0 Å². The van der Waals surface area contributed by atoms with Gasteiger partial charge < -0.3 is 14.2 Å². The van der Waals surface area contributed by atoms with E-state index in [4.69, 9.17) is 14.2 Å². The summed E-state index contributed by atoms with van der Waals surface area (Å²) in [5.74, 6) is 0.396. The maximum absolute atomic E-state index is 12.3. The third-order valence-corrected chi connectivity index (χ3v) is 6.41. The normalized spacial score (nSPS) is 11.3. The molecular weight excluding hydrogens is 462 g/mol. The van der Waals surface area contributed by atoms with Crippen LogP contribution in [-0.2, 0) is 21.3 Å². The van der Waals surface area contributed by atoms with Crippen molar-refractivity contribution in [2.24, 2.45) is 0 Å². The molecule has 0 aliphatic carbocycles. The SMILES string of the molecule is CN(C)S(=O)(=O)c1ccc(OCCOC(=O)c2ccc(=O)n(CCOc3ccccc3)n2)cc1. The average molecular weight is 488 g/mol. The Morgan fingerprint density at radius 3 is 2.21 bits per heavy atom. The Kier molecular flexibility index (Phi) is 8.39. The second-order valence-electron chi connectivity index (χ2n) is 7.18. The first-order valence-electron chi connectivity index (χ1n) is 10.4. The minimum Gasteiger partial charge on any atom is -0.492 e. The summed E-state index contributed by atoms with van der Waals surface area (Å²) < 4.78 is 42.6. The van der Waals surface area contributed by atoms with E-state index in [0.717, 1.165) is 8.99 Å². The number of carbonyl (C=O) groups excluding carboxylic acids is 1. The number of aromatic nitrogens is 2. The first kappa shape index (κ1) is 24.9. The van der Waals surface area contributed by atoms with Crippen molar-refractivity contribution in [3.8, 4) is 11.5 Å². The molecule has 0 aliphatic rings. The Balaban J connectivity index is 1.47. The molecule has 0 saturated carbocycles. The average Bonchev–Trinajstić information content (AvgIpc) is 2.83. The largest absolute Gasteiger partial charge is 0.492 e. The van der Waals surface area contributed by atoms with Crippen LogP contribution in [0.25, 0.3) is 0 Å². The van der Waals surface area contributed by atoms with Crippen LogP contribution in [0.2, 0.25) is 0 Å². The summed E-state index contributed by atoms with van der Waals surface area (Å²) in [6.07, 6.45) is 0. The number of benzene rings is 2. The van der Waals surface area contributed by atoms with Crippen molar-refractivity contribution < 1.29 is 27.4 Å². The molecule has 10 nitrogen and oxygen atoms in total. The van der Waals surface area contributed by atoms with Gasteiger partial charge >= 0.3 is 5.97 Å². The fourth-order valence-electron chi connectivity index (χ4n) is 2.77. The molecule has 1 aromatic heterocycles. The monoisotopic (exact) mass is 487 g/mol. The Morgan fingerprint density at radius 1 is 0.882 bits per heavy atom. The van der Waals surface area contributed by atoms with Crippen molar-refractivity contribution in [3.63, 3.8) is 0 Å². The summed E-state index contributed by atoms with van der Waals surface area (Å²) in [5, 5.41) is 4.04. The predicted octanol–water partition coefficient (Wildman–Crippen LogP) is 1.81. The van der Waals surface area contributed by atoms with Crippen LogP contribution in [-0.4, -0.2) is 62.4 Å². The Hall–Kier alpha value is -3.70. The van der Waals surface area contributed by atoms with E-state index in [2.05, 4.69) is 5.10 Å². The Bertz CT molecular complexity index is 1260. The second kappa shape index (κ2) is 11.4. The van der Waals surface area contributed by atoms with Crippen molar-refractivity contribution in [1.82, 2.24) is 14.1 Å². The molecule has 0 N–H and O–H groups in total. The number of esters is 1. The zero-order valence-corrected chi connectivity index (χ0v) is 19.6. The molecule has 0 saturated heterocycles. The first-order chi connectivity index (χ1) is 16.3. The van der Waals surface area contributed by atoms with Gasteiger partial charge in [0.2, 0.25) is 10.0 Å². The number of hydrogen-bond acceptors (Lipinski definition) is 8. The van der Waals surface area contributed by atoms with E-state index in [9.17, 15) is 18.0 Å². The van der Waals surface area contributed by atoms with Crippen LogP contribution in [0.4, 0.5) is 0 Å². The van der Waals surface area contributed by atoms with Crippen LogP contribution in [0.3, 0.4) is 0 Å². The highest BCUT2D eigenvalue weighted by Gasteiger charge is 2.17. The minimum atomic E-state index is -3.52. The van der Waals surface area contributed by atoms with E-state index in [1.54, 1.807) is 12.1 Å². The van der Waals surface area contributed by atoms with Crippen molar-refractivity contribution in [2.45, 2.75) is 11.4 Å². The van der Waals surface area contributed by atoms with E-state index in [1.165, 1.54) is 50.5 Å². The minimum absolute atomic E-state index is 0.0162. The molecule has 34 heavy (non-hydrogen) atoms. The number of rotatable bonds is 11. The lowest BCUT2D eigenvalue weighted by Crippen LogP contribution is -2.27. The smallest absolute Gasteiger partial charge is 0.358 e. The summed E-state index contributed by atoms with van der Waals surface area (Å²) in [5.41, 5.74) is -0.381. The van der Waals surface area contributed by atoms with Crippen molar-refractivity contribution in [3.05, 3.63) is 82.8 Å². The van der Waals surface area contributed by atoms with Gasteiger partial charge in [0.25, 0.3) is 5.56 Å². The molecule has 0 spiro atoms. The van der Waals surface area contributed by atoms with Crippen LogP contribution < -0.4 is 15.0 Å². The molecule has 0 atom stereocenters. The quantitative estimate of drug-likeness (QED) is 0.297. The Morgan fingerprint density at radius 2 is 1.53 bits per heavy atom. The van der Waals surface area contributed by atoms with Gasteiger partial charge in [-0.05, 0) is 42.5 Å².